The van der Waals surface area contributed by atoms with Gasteiger partial charge >= 0.3 is 6.36 Å². The summed E-state index contributed by atoms with van der Waals surface area (Å²) in [6.07, 6.45) is -1.38. The molecule has 0 atom stereocenters. The fourth-order valence-corrected chi connectivity index (χ4v) is 2.04. The Kier molecular flexibility index (Phi) is 4.49. The molecule has 2 rings (SSSR count). The first-order valence-corrected chi connectivity index (χ1v) is 6.41. The molecule has 106 valence electrons. The van der Waals surface area contributed by atoms with Crippen molar-refractivity contribution in [2.75, 3.05) is 5.32 Å². The molecule has 7 heteroatoms. The lowest BCUT2D eigenvalue weighted by Crippen LogP contribution is -2.17. The molecule has 0 amide bonds. The van der Waals surface area contributed by atoms with Crippen LogP contribution in [0.2, 0.25) is 0 Å². The maximum Gasteiger partial charge on any atom is 0.573 e. The molecule has 3 nitrogen and oxygen atoms in total. The number of pyridine rings is 1. The van der Waals surface area contributed by atoms with Gasteiger partial charge in [0.05, 0.1) is 10.2 Å². The number of rotatable bonds is 4. The molecule has 1 aromatic carbocycles. The molecular formula is C13H10BrF3N2O. The molecule has 0 unspecified atom stereocenters. The highest BCUT2D eigenvalue weighted by molar-refractivity contribution is 9.10. The summed E-state index contributed by atoms with van der Waals surface area (Å²) < 4.78 is 40.5. The minimum atomic E-state index is -4.70. The van der Waals surface area contributed by atoms with Crippen molar-refractivity contribution in [1.82, 2.24) is 4.98 Å². The van der Waals surface area contributed by atoms with Gasteiger partial charge in [-0.1, -0.05) is 6.07 Å². The Balaban J connectivity index is 2.02. The molecule has 0 radical (unpaired) electrons. The minimum absolute atomic E-state index is 0.250. The first kappa shape index (κ1) is 14.6. The van der Waals surface area contributed by atoms with Gasteiger partial charge in [-0.05, 0) is 45.8 Å². The molecule has 0 spiro atoms. The van der Waals surface area contributed by atoms with E-state index in [1.54, 1.807) is 30.6 Å². The van der Waals surface area contributed by atoms with Gasteiger partial charge in [0.1, 0.15) is 5.75 Å². The van der Waals surface area contributed by atoms with Gasteiger partial charge in [0.2, 0.25) is 0 Å². The average molecular weight is 347 g/mol. The summed E-state index contributed by atoms with van der Waals surface area (Å²) in [6.45, 7) is 0.469. The van der Waals surface area contributed by atoms with Crippen molar-refractivity contribution in [2.45, 2.75) is 12.9 Å². The van der Waals surface area contributed by atoms with Gasteiger partial charge in [-0.3, -0.25) is 4.98 Å². The smallest absolute Gasteiger partial charge is 0.405 e. The van der Waals surface area contributed by atoms with Crippen molar-refractivity contribution in [2.24, 2.45) is 0 Å². The van der Waals surface area contributed by atoms with E-state index in [9.17, 15) is 13.2 Å². The van der Waals surface area contributed by atoms with E-state index in [1.165, 1.54) is 6.07 Å². The molecule has 1 N–H and O–H groups in total. The topological polar surface area (TPSA) is 34.1 Å². The first-order chi connectivity index (χ1) is 9.44. The Morgan fingerprint density at radius 3 is 2.65 bits per heavy atom. The molecule has 0 fully saturated rings. The van der Waals surface area contributed by atoms with Crippen LogP contribution in [0.25, 0.3) is 0 Å². The van der Waals surface area contributed by atoms with Crippen molar-refractivity contribution in [3.05, 3.63) is 52.8 Å². The number of aromatic nitrogens is 1. The first-order valence-electron chi connectivity index (χ1n) is 5.62. The van der Waals surface area contributed by atoms with Crippen molar-refractivity contribution in [1.29, 1.82) is 0 Å². The summed E-state index contributed by atoms with van der Waals surface area (Å²) >= 11 is 3.06. The summed E-state index contributed by atoms with van der Waals surface area (Å²) in [5, 5.41) is 3.11. The lowest BCUT2D eigenvalue weighted by molar-refractivity contribution is -0.274. The zero-order chi connectivity index (χ0) is 14.6. The van der Waals surface area contributed by atoms with Crippen LogP contribution in [-0.2, 0) is 6.54 Å². The Hall–Kier alpha value is -1.76. The van der Waals surface area contributed by atoms with E-state index in [1.807, 2.05) is 6.07 Å². The lowest BCUT2D eigenvalue weighted by Gasteiger charge is -2.12. The number of alkyl halides is 3. The number of halogens is 4. The Morgan fingerprint density at radius 1 is 1.25 bits per heavy atom. The third-order valence-corrected chi connectivity index (χ3v) is 3.00. The predicted octanol–water partition coefficient (Wildman–Crippen LogP) is 4.35. The molecule has 0 bridgehead atoms. The third-order valence-electron chi connectivity index (χ3n) is 2.38. The average Bonchev–Trinajstić information content (AvgIpc) is 2.39. The highest BCUT2D eigenvalue weighted by Crippen LogP contribution is 2.31. The number of hydrogen-bond donors (Lipinski definition) is 1. The summed E-state index contributed by atoms with van der Waals surface area (Å²) in [5.41, 5.74) is 1.65. The van der Waals surface area contributed by atoms with Crippen LogP contribution in [0.15, 0.2) is 47.2 Å². The monoisotopic (exact) mass is 346 g/mol. The van der Waals surface area contributed by atoms with Crippen LogP contribution in [0.4, 0.5) is 18.9 Å². The van der Waals surface area contributed by atoms with Crippen LogP contribution in [0.3, 0.4) is 0 Å². The molecule has 0 saturated carbocycles. The quantitative estimate of drug-likeness (QED) is 0.893. The molecule has 1 aromatic heterocycles. The molecule has 0 aliphatic heterocycles. The number of nitrogens with one attached hydrogen (secondary N) is 1. The summed E-state index contributed by atoms with van der Waals surface area (Å²) in [6, 6.07) is 8.05. The maximum atomic E-state index is 12.1. The normalized spacial score (nSPS) is 11.2. The van der Waals surface area contributed by atoms with Crippen molar-refractivity contribution in [3.8, 4) is 5.75 Å². The number of nitrogens with zero attached hydrogens (tertiary/aromatic N) is 1. The van der Waals surface area contributed by atoms with Crippen molar-refractivity contribution < 1.29 is 17.9 Å². The van der Waals surface area contributed by atoms with E-state index in [0.29, 0.717) is 6.54 Å². The van der Waals surface area contributed by atoms with Crippen LogP contribution >= 0.6 is 15.9 Å². The largest absolute Gasteiger partial charge is 0.573 e. The van der Waals surface area contributed by atoms with Gasteiger partial charge in [-0.15, -0.1) is 13.2 Å². The molecule has 0 saturated heterocycles. The highest BCUT2D eigenvalue weighted by Gasteiger charge is 2.31. The summed E-state index contributed by atoms with van der Waals surface area (Å²) in [5.74, 6) is -0.261. The van der Waals surface area contributed by atoms with Crippen LogP contribution in [0.1, 0.15) is 5.56 Å². The van der Waals surface area contributed by atoms with Gasteiger partial charge in [-0.25, -0.2) is 0 Å². The van der Waals surface area contributed by atoms with Gasteiger partial charge in [0.15, 0.2) is 0 Å². The van der Waals surface area contributed by atoms with Gasteiger partial charge in [-0.2, -0.15) is 0 Å². The van der Waals surface area contributed by atoms with Gasteiger partial charge in [0, 0.05) is 18.9 Å². The minimum Gasteiger partial charge on any atom is -0.405 e. The zero-order valence-corrected chi connectivity index (χ0v) is 11.7. The fraction of sp³-hybridized carbons (Fsp3) is 0.154. The van der Waals surface area contributed by atoms with Gasteiger partial charge in [0.25, 0.3) is 0 Å². The summed E-state index contributed by atoms with van der Waals surface area (Å²) in [7, 11) is 0. The molecule has 0 aliphatic carbocycles. The van der Waals surface area contributed by atoms with E-state index in [0.717, 1.165) is 11.3 Å². The number of benzene rings is 1. The number of hydrogen-bond acceptors (Lipinski definition) is 3. The van der Waals surface area contributed by atoms with E-state index < -0.39 is 6.36 Å². The molecule has 1 heterocycles. The fourth-order valence-electron chi connectivity index (χ4n) is 1.53. The van der Waals surface area contributed by atoms with E-state index in [4.69, 9.17) is 0 Å². The third kappa shape index (κ3) is 4.41. The van der Waals surface area contributed by atoms with Crippen LogP contribution in [0.5, 0.6) is 5.75 Å². The second-order valence-electron chi connectivity index (χ2n) is 3.91. The molecular weight excluding hydrogens is 337 g/mol. The standard InChI is InChI=1S/C13H10BrF3N2O/c14-11-6-9(3-4-12(11)20-13(15,16)17)7-19-10-2-1-5-18-8-10/h1-6,8,19H,7H2. The second kappa shape index (κ2) is 6.13. The van der Waals surface area contributed by atoms with Crippen molar-refractivity contribution >= 4 is 21.6 Å². The Morgan fingerprint density at radius 2 is 2.05 bits per heavy atom. The van der Waals surface area contributed by atoms with Crippen LogP contribution in [0, 0.1) is 0 Å². The van der Waals surface area contributed by atoms with E-state index in [-0.39, 0.29) is 10.2 Å². The van der Waals surface area contributed by atoms with Crippen LogP contribution < -0.4 is 10.1 Å². The molecule has 2 aromatic rings. The van der Waals surface area contributed by atoms with Crippen molar-refractivity contribution in [3.63, 3.8) is 0 Å². The van der Waals surface area contributed by atoms with E-state index >= 15 is 0 Å². The lowest BCUT2D eigenvalue weighted by atomic mass is 10.2. The predicted molar refractivity (Wildman–Crippen MR) is 72.4 cm³/mol. The highest BCUT2D eigenvalue weighted by atomic mass is 79.9. The molecule has 20 heavy (non-hydrogen) atoms. The van der Waals surface area contributed by atoms with E-state index in [2.05, 4.69) is 31.0 Å². The number of ether oxygens (including phenoxy) is 1. The molecule has 0 aliphatic rings. The second-order valence-corrected chi connectivity index (χ2v) is 4.76. The number of anilines is 1. The Labute approximate surface area is 121 Å². The van der Waals surface area contributed by atoms with Gasteiger partial charge < -0.3 is 10.1 Å². The summed E-state index contributed by atoms with van der Waals surface area (Å²) in [4.78, 5) is 3.95. The SMILES string of the molecule is FC(F)(F)Oc1ccc(CNc2cccnc2)cc1Br. The Bertz CT molecular complexity index is 576. The van der Waals surface area contributed by atoms with Crippen LogP contribution in [-0.4, -0.2) is 11.3 Å². The zero-order valence-electron chi connectivity index (χ0n) is 10.1. The maximum absolute atomic E-state index is 12.1.